The zero-order valence-electron chi connectivity index (χ0n) is 8.81. The van der Waals surface area contributed by atoms with Crippen molar-refractivity contribution in [3.05, 3.63) is 29.6 Å². The second-order valence-corrected chi connectivity index (χ2v) is 4.01. The van der Waals surface area contributed by atoms with Crippen molar-refractivity contribution in [1.29, 1.82) is 0 Å². The fourth-order valence-corrected chi connectivity index (χ4v) is 1.35. The average molecular weight is 213 g/mol. The summed E-state index contributed by atoms with van der Waals surface area (Å²) in [6.07, 6.45) is -0.966. The molecule has 4 heteroatoms. The van der Waals surface area contributed by atoms with Crippen LogP contribution < -0.4 is 5.73 Å². The number of aliphatic hydroxyl groups excluding tert-OH is 1. The van der Waals surface area contributed by atoms with E-state index < -0.39 is 18.0 Å². The summed E-state index contributed by atoms with van der Waals surface area (Å²) in [4.78, 5) is 0. The first-order chi connectivity index (χ1) is 6.91. The number of halogens is 1. The Morgan fingerprint density at radius 2 is 1.87 bits per heavy atom. The van der Waals surface area contributed by atoms with E-state index in [-0.39, 0.29) is 11.7 Å². The molecule has 2 unspecified atom stereocenters. The SMILES string of the molecule is CC(C)C(N)C(O)c1cc(O)cc(F)c1. The normalized spacial score (nSPS) is 15.3. The van der Waals surface area contributed by atoms with Crippen LogP contribution in [0.25, 0.3) is 0 Å². The Kier molecular flexibility index (Phi) is 3.66. The minimum Gasteiger partial charge on any atom is -0.508 e. The van der Waals surface area contributed by atoms with Crippen LogP contribution in [0.2, 0.25) is 0 Å². The molecular formula is C11H16FNO2. The van der Waals surface area contributed by atoms with Gasteiger partial charge in [0.15, 0.2) is 0 Å². The molecule has 0 heterocycles. The van der Waals surface area contributed by atoms with Gasteiger partial charge in [-0.3, -0.25) is 0 Å². The van der Waals surface area contributed by atoms with Crippen molar-refractivity contribution in [3.8, 4) is 5.75 Å². The summed E-state index contributed by atoms with van der Waals surface area (Å²) in [5.41, 5.74) is 6.04. The summed E-state index contributed by atoms with van der Waals surface area (Å²) in [5.74, 6) is -0.717. The number of phenolic OH excluding ortho intramolecular Hbond substituents is 1. The smallest absolute Gasteiger partial charge is 0.127 e. The van der Waals surface area contributed by atoms with Gasteiger partial charge in [0.05, 0.1) is 6.10 Å². The minimum absolute atomic E-state index is 0.0745. The molecule has 0 amide bonds. The Balaban J connectivity index is 2.95. The first kappa shape index (κ1) is 11.9. The highest BCUT2D eigenvalue weighted by molar-refractivity contribution is 5.30. The third-order valence-corrected chi connectivity index (χ3v) is 2.38. The fraction of sp³-hybridized carbons (Fsp3) is 0.455. The quantitative estimate of drug-likeness (QED) is 0.713. The molecule has 15 heavy (non-hydrogen) atoms. The summed E-state index contributed by atoms with van der Waals surface area (Å²) in [5, 5.41) is 19.0. The van der Waals surface area contributed by atoms with Gasteiger partial charge in [-0.15, -0.1) is 0 Å². The summed E-state index contributed by atoms with van der Waals surface area (Å²) < 4.78 is 12.9. The molecule has 3 nitrogen and oxygen atoms in total. The maximum Gasteiger partial charge on any atom is 0.127 e. The van der Waals surface area contributed by atoms with Crippen LogP contribution >= 0.6 is 0 Å². The number of benzene rings is 1. The van der Waals surface area contributed by atoms with E-state index in [1.54, 1.807) is 0 Å². The molecule has 0 aliphatic carbocycles. The van der Waals surface area contributed by atoms with Gasteiger partial charge >= 0.3 is 0 Å². The molecule has 0 aromatic heterocycles. The molecule has 1 rings (SSSR count). The third-order valence-electron chi connectivity index (χ3n) is 2.38. The zero-order valence-corrected chi connectivity index (χ0v) is 8.81. The Morgan fingerprint density at radius 1 is 1.27 bits per heavy atom. The van der Waals surface area contributed by atoms with Gasteiger partial charge in [0.2, 0.25) is 0 Å². The van der Waals surface area contributed by atoms with Gasteiger partial charge in [-0.25, -0.2) is 4.39 Å². The van der Waals surface area contributed by atoms with Crippen molar-refractivity contribution in [2.75, 3.05) is 0 Å². The molecule has 1 aromatic carbocycles. The van der Waals surface area contributed by atoms with Crippen LogP contribution in [0.3, 0.4) is 0 Å². The van der Waals surface area contributed by atoms with Crippen LogP contribution in [-0.2, 0) is 0 Å². The molecular weight excluding hydrogens is 197 g/mol. The lowest BCUT2D eigenvalue weighted by Crippen LogP contribution is -2.33. The van der Waals surface area contributed by atoms with E-state index in [4.69, 9.17) is 5.73 Å². The summed E-state index contributed by atoms with van der Waals surface area (Å²) >= 11 is 0. The largest absolute Gasteiger partial charge is 0.508 e. The molecule has 0 fully saturated rings. The maximum absolute atomic E-state index is 12.9. The van der Waals surface area contributed by atoms with Crippen LogP contribution in [0.4, 0.5) is 4.39 Å². The van der Waals surface area contributed by atoms with E-state index >= 15 is 0 Å². The zero-order chi connectivity index (χ0) is 11.6. The summed E-state index contributed by atoms with van der Waals surface area (Å²) in [6.45, 7) is 3.74. The predicted molar refractivity (Wildman–Crippen MR) is 55.8 cm³/mol. The Hall–Kier alpha value is -1.13. The monoisotopic (exact) mass is 213 g/mol. The highest BCUT2D eigenvalue weighted by Gasteiger charge is 2.20. The van der Waals surface area contributed by atoms with Crippen molar-refractivity contribution in [3.63, 3.8) is 0 Å². The highest BCUT2D eigenvalue weighted by Crippen LogP contribution is 2.24. The van der Waals surface area contributed by atoms with E-state index in [2.05, 4.69) is 0 Å². The first-order valence-electron chi connectivity index (χ1n) is 4.85. The minimum atomic E-state index is -0.966. The molecule has 0 spiro atoms. The van der Waals surface area contributed by atoms with Crippen LogP contribution in [-0.4, -0.2) is 16.3 Å². The van der Waals surface area contributed by atoms with E-state index in [1.165, 1.54) is 12.1 Å². The first-order valence-corrected chi connectivity index (χ1v) is 4.85. The number of phenols is 1. The number of hydrogen-bond acceptors (Lipinski definition) is 3. The van der Waals surface area contributed by atoms with E-state index in [0.29, 0.717) is 5.56 Å². The lowest BCUT2D eigenvalue weighted by atomic mass is 9.94. The standard InChI is InChI=1S/C11H16FNO2/c1-6(2)10(13)11(15)7-3-8(12)5-9(14)4-7/h3-6,10-11,14-15H,13H2,1-2H3. The Bertz CT molecular complexity index is 321. The van der Waals surface area contributed by atoms with Gasteiger partial charge in [-0.05, 0) is 23.6 Å². The van der Waals surface area contributed by atoms with Gasteiger partial charge in [0.25, 0.3) is 0 Å². The lowest BCUT2D eigenvalue weighted by Gasteiger charge is -2.22. The second-order valence-electron chi connectivity index (χ2n) is 4.01. The molecule has 1 aromatic rings. The number of aromatic hydroxyl groups is 1. The highest BCUT2D eigenvalue weighted by atomic mass is 19.1. The van der Waals surface area contributed by atoms with Gasteiger partial charge in [-0.2, -0.15) is 0 Å². The van der Waals surface area contributed by atoms with Gasteiger partial charge < -0.3 is 15.9 Å². The topological polar surface area (TPSA) is 66.5 Å². The second kappa shape index (κ2) is 4.59. The third kappa shape index (κ3) is 2.91. The number of nitrogens with two attached hydrogens (primary N) is 1. The summed E-state index contributed by atoms with van der Waals surface area (Å²) in [6, 6.07) is 2.99. The average Bonchev–Trinajstić information content (AvgIpc) is 2.13. The van der Waals surface area contributed by atoms with E-state index in [0.717, 1.165) is 6.07 Å². The molecule has 0 saturated heterocycles. The van der Waals surface area contributed by atoms with Crippen LogP contribution in [0.15, 0.2) is 18.2 Å². The predicted octanol–water partition coefficient (Wildman–Crippen LogP) is 1.55. The molecule has 0 bridgehead atoms. The van der Waals surface area contributed by atoms with Crippen molar-refractivity contribution in [1.82, 2.24) is 0 Å². The lowest BCUT2D eigenvalue weighted by molar-refractivity contribution is 0.125. The molecule has 84 valence electrons. The number of rotatable bonds is 3. The molecule has 0 radical (unpaired) electrons. The number of hydrogen-bond donors (Lipinski definition) is 3. The van der Waals surface area contributed by atoms with Crippen molar-refractivity contribution in [2.45, 2.75) is 26.0 Å². The van der Waals surface area contributed by atoms with Gasteiger partial charge in [-0.1, -0.05) is 13.8 Å². The van der Waals surface area contributed by atoms with Crippen LogP contribution in [0.5, 0.6) is 5.75 Å². The Labute approximate surface area is 88.4 Å². The summed E-state index contributed by atoms with van der Waals surface area (Å²) in [7, 11) is 0. The van der Waals surface area contributed by atoms with E-state index in [9.17, 15) is 14.6 Å². The van der Waals surface area contributed by atoms with Crippen LogP contribution in [0.1, 0.15) is 25.5 Å². The number of aliphatic hydroxyl groups is 1. The van der Waals surface area contributed by atoms with Crippen molar-refractivity contribution < 1.29 is 14.6 Å². The van der Waals surface area contributed by atoms with Gasteiger partial charge in [0, 0.05) is 12.1 Å². The van der Waals surface area contributed by atoms with Gasteiger partial charge in [0.1, 0.15) is 11.6 Å². The fourth-order valence-electron chi connectivity index (χ4n) is 1.35. The maximum atomic E-state index is 12.9. The molecule has 4 N–H and O–H groups in total. The molecule has 0 aliphatic rings. The Morgan fingerprint density at radius 3 is 2.33 bits per heavy atom. The van der Waals surface area contributed by atoms with E-state index in [1.807, 2.05) is 13.8 Å². The molecule has 2 atom stereocenters. The van der Waals surface area contributed by atoms with Crippen LogP contribution in [0, 0.1) is 11.7 Å². The van der Waals surface area contributed by atoms with Crippen molar-refractivity contribution in [2.24, 2.45) is 11.7 Å². The molecule has 0 saturated carbocycles. The molecule has 0 aliphatic heterocycles. The van der Waals surface area contributed by atoms with Crippen molar-refractivity contribution >= 4 is 0 Å².